The number of ketones is 2. The van der Waals surface area contributed by atoms with E-state index in [0.717, 1.165) is 0 Å². The molecule has 1 amide bonds. The molecule has 1 heterocycles. The maximum atomic E-state index is 12.8. The van der Waals surface area contributed by atoms with Crippen molar-refractivity contribution in [1.82, 2.24) is 15.0 Å². The number of amides is 1. The molecule has 0 unspecified atom stereocenters. The third-order valence-corrected chi connectivity index (χ3v) is 4.85. The summed E-state index contributed by atoms with van der Waals surface area (Å²) in [7, 11) is 1.77. The molecular formula is C22H20N4O4. The standard InChI is InChI=1S/C22H20N4O4/c1-3-18-24-20(30-25-18)12-26(2)11-19(27)23-13-8-9-16-17(10-13)22(29)15-7-5-4-6-14(15)21(16)28/h4-10H,3,11-12H2,1-2H3,(H,23,27). The fourth-order valence-electron chi connectivity index (χ4n) is 3.41. The van der Waals surface area contributed by atoms with E-state index >= 15 is 0 Å². The zero-order chi connectivity index (χ0) is 21.3. The Kier molecular flexibility index (Phi) is 5.24. The van der Waals surface area contributed by atoms with Crippen LogP contribution in [-0.2, 0) is 17.8 Å². The highest BCUT2D eigenvalue weighted by Crippen LogP contribution is 2.29. The Balaban J connectivity index is 1.45. The summed E-state index contributed by atoms with van der Waals surface area (Å²) in [6, 6.07) is 11.5. The highest BCUT2D eigenvalue weighted by molar-refractivity contribution is 6.28. The van der Waals surface area contributed by atoms with Crippen molar-refractivity contribution in [2.75, 3.05) is 18.9 Å². The number of aryl methyl sites for hydroxylation is 1. The molecule has 30 heavy (non-hydrogen) atoms. The lowest BCUT2D eigenvalue weighted by Crippen LogP contribution is -2.30. The molecule has 152 valence electrons. The zero-order valence-corrected chi connectivity index (χ0v) is 16.6. The maximum Gasteiger partial charge on any atom is 0.240 e. The monoisotopic (exact) mass is 404 g/mol. The normalized spacial score (nSPS) is 12.6. The van der Waals surface area contributed by atoms with Gasteiger partial charge in [-0.1, -0.05) is 36.3 Å². The molecule has 0 fully saturated rings. The maximum absolute atomic E-state index is 12.8. The van der Waals surface area contributed by atoms with Gasteiger partial charge in [0.2, 0.25) is 11.8 Å². The van der Waals surface area contributed by atoms with Crippen LogP contribution in [-0.4, -0.2) is 46.1 Å². The van der Waals surface area contributed by atoms with Gasteiger partial charge in [-0.2, -0.15) is 4.98 Å². The van der Waals surface area contributed by atoms with Crippen LogP contribution in [0.4, 0.5) is 5.69 Å². The number of hydrogen-bond donors (Lipinski definition) is 1. The van der Waals surface area contributed by atoms with E-state index in [1.54, 1.807) is 54.4 Å². The smallest absolute Gasteiger partial charge is 0.240 e. The summed E-state index contributed by atoms with van der Waals surface area (Å²) in [6.45, 7) is 2.37. The van der Waals surface area contributed by atoms with Gasteiger partial charge in [0.15, 0.2) is 17.4 Å². The molecule has 0 atom stereocenters. The van der Waals surface area contributed by atoms with E-state index in [2.05, 4.69) is 15.5 Å². The van der Waals surface area contributed by atoms with Crippen LogP contribution in [0.25, 0.3) is 0 Å². The average Bonchev–Trinajstić information content (AvgIpc) is 3.19. The number of likely N-dealkylation sites (N-methyl/N-ethyl adjacent to an activating group) is 1. The van der Waals surface area contributed by atoms with E-state index in [4.69, 9.17) is 4.52 Å². The summed E-state index contributed by atoms with van der Waals surface area (Å²) in [4.78, 5) is 43.8. The Morgan fingerprint density at radius 1 is 1.03 bits per heavy atom. The van der Waals surface area contributed by atoms with Crippen molar-refractivity contribution in [3.05, 3.63) is 76.4 Å². The van der Waals surface area contributed by atoms with Crippen LogP contribution in [0.2, 0.25) is 0 Å². The molecule has 8 heteroatoms. The van der Waals surface area contributed by atoms with E-state index in [9.17, 15) is 14.4 Å². The molecule has 8 nitrogen and oxygen atoms in total. The Morgan fingerprint density at radius 2 is 1.70 bits per heavy atom. The lowest BCUT2D eigenvalue weighted by atomic mass is 9.84. The van der Waals surface area contributed by atoms with Gasteiger partial charge < -0.3 is 9.84 Å². The average molecular weight is 404 g/mol. The first-order valence-electron chi connectivity index (χ1n) is 9.58. The molecule has 0 radical (unpaired) electrons. The number of hydrogen-bond acceptors (Lipinski definition) is 7. The summed E-state index contributed by atoms with van der Waals surface area (Å²) >= 11 is 0. The number of anilines is 1. The Labute approximate surface area is 172 Å². The molecule has 0 bridgehead atoms. The first kappa shape index (κ1) is 19.7. The Hall–Kier alpha value is -3.65. The second-order valence-corrected chi connectivity index (χ2v) is 7.14. The van der Waals surface area contributed by atoms with Crippen LogP contribution in [0.3, 0.4) is 0 Å². The molecule has 1 aliphatic rings. The van der Waals surface area contributed by atoms with Crippen molar-refractivity contribution in [1.29, 1.82) is 0 Å². The summed E-state index contributed by atoms with van der Waals surface area (Å²) in [5.74, 6) is 0.388. The van der Waals surface area contributed by atoms with Crippen LogP contribution >= 0.6 is 0 Å². The lowest BCUT2D eigenvalue weighted by Gasteiger charge is -2.18. The number of nitrogens with zero attached hydrogens (tertiary/aromatic N) is 3. The highest BCUT2D eigenvalue weighted by Gasteiger charge is 2.29. The second kappa shape index (κ2) is 8.00. The molecule has 1 aromatic heterocycles. The molecule has 0 aliphatic heterocycles. The molecular weight excluding hydrogens is 384 g/mol. The summed E-state index contributed by atoms with van der Waals surface area (Å²) in [5, 5.41) is 6.61. The molecule has 1 aliphatic carbocycles. The first-order valence-corrected chi connectivity index (χ1v) is 9.58. The van der Waals surface area contributed by atoms with Crippen molar-refractivity contribution in [3.63, 3.8) is 0 Å². The minimum Gasteiger partial charge on any atom is -0.338 e. The SMILES string of the molecule is CCc1noc(CN(C)CC(=O)Nc2ccc3c(c2)C(=O)c2ccccc2C3=O)n1. The highest BCUT2D eigenvalue weighted by atomic mass is 16.5. The van der Waals surface area contributed by atoms with E-state index in [0.29, 0.717) is 52.6 Å². The van der Waals surface area contributed by atoms with Crippen molar-refractivity contribution in [2.45, 2.75) is 19.9 Å². The minimum absolute atomic E-state index is 0.0939. The summed E-state index contributed by atoms with van der Waals surface area (Å²) in [5.41, 5.74) is 1.88. The summed E-state index contributed by atoms with van der Waals surface area (Å²) < 4.78 is 5.13. The topological polar surface area (TPSA) is 105 Å². The Morgan fingerprint density at radius 3 is 2.37 bits per heavy atom. The predicted molar refractivity (Wildman–Crippen MR) is 108 cm³/mol. The zero-order valence-electron chi connectivity index (χ0n) is 16.6. The van der Waals surface area contributed by atoms with E-state index in [1.807, 2.05) is 6.92 Å². The van der Waals surface area contributed by atoms with Gasteiger partial charge in [-0.05, 0) is 25.2 Å². The van der Waals surface area contributed by atoms with Crippen molar-refractivity contribution >= 4 is 23.2 Å². The van der Waals surface area contributed by atoms with Gasteiger partial charge in [0, 0.05) is 34.4 Å². The van der Waals surface area contributed by atoms with Crippen LogP contribution in [0.15, 0.2) is 47.0 Å². The van der Waals surface area contributed by atoms with Crippen LogP contribution in [0.5, 0.6) is 0 Å². The number of carbonyl (C=O) groups is 3. The van der Waals surface area contributed by atoms with E-state index < -0.39 is 0 Å². The minimum atomic E-state index is -0.261. The van der Waals surface area contributed by atoms with Gasteiger partial charge in [0.25, 0.3) is 0 Å². The van der Waals surface area contributed by atoms with Gasteiger partial charge in [0.05, 0.1) is 13.1 Å². The molecule has 0 spiro atoms. The quantitative estimate of drug-likeness (QED) is 0.526. The third-order valence-electron chi connectivity index (χ3n) is 4.85. The van der Waals surface area contributed by atoms with Crippen molar-refractivity contribution in [2.24, 2.45) is 0 Å². The van der Waals surface area contributed by atoms with Crippen LogP contribution in [0.1, 0.15) is 50.5 Å². The lowest BCUT2D eigenvalue weighted by molar-refractivity contribution is -0.117. The molecule has 4 rings (SSSR count). The molecule has 0 saturated heterocycles. The van der Waals surface area contributed by atoms with Gasteiger partial charge in [-0.25, -0.2) is 0 Å². The number of aromatic nitrogens is 2. The first-order chi connectivity index (χ1) is 14.5. The number of rotatable bonds is 6. The van der Waals surface area contributed by atoms with Crippen molar-refractivity contribution in [3.8, 4) is 0 Å². The van der Waals surface area contributed by atoms with Gasteiger partial charge in [0.1, 0.15) is 0 Å². The molecule has 0 saturated carbocycles. The second-order valence-electron chi connectivity index (χ2n) is 7.14. The fraction of sp³-hybridized carbons (Fsp3) is 0.227. The number of fused-ring (bicyclic) bond motifs is 2. The largest absolute Gasteiger partial charge is 0.338 e. The molecule has 2 aromatic carbocycles. The fourth-order valence-corrected chi connectivity index (χ4v) is 3.41. The third kappa shape index (κ3) is 3.77. The van der Waals surface area contributed by atoms with Gasteiger partial charge >= 0.3 is 0 Å². The molecule has 1 N–H and O–H groups in total. The summed E-state index contributed by atoms with van der Waals surface area (Å²) in [6.07, 6.45) is 0.678. The number of carbonyl (C=O) groups excluding carboxylic acids is 3. The van der Waals surface area contributed by atoms with Gasteiger partial charge in [-0.3, -0.25) is 19.3 Å². The van der Waals surface area contributed by atoms with E-state index in [1.165, 1.54) is 0 Å². The predicted octanol–water partition coefficient (Wildman–Crippen LogP) is 2.48. The molecule has 3 aromatic rings. The van der Waals surface area contributed by atoms with Crippen molar-refractivity contribution < 1.29 is 18.9 Å². The van der Waals surface area contributed by atoms with Crippen LogP contribution < -0.4 is 5.32 Å². The van der Waals surface area contributed by atoms with Gasteiger partial charge in [-0.15, -0.1) is 0 Å². The van der Waals surface area contributed by atoms with E-state index in [-0.39, 0.29) is 24.0 Å². The Bertz CT molecular complexity index is 1150. The number of nitrogens with one attached hydrogen (secondary N) is 1. The van der Waals surface area contributed by atoms with Crippen LogP contribution in [0, 0.1) is 0 Å². The number of benzene rings is 2.